The number of benzene rings is 2. The van der Waals surface area contributed by atoms with Crippen molar-refractivity contribution in [1.82, 2.24) is 10.9 Å². The molecule has 2 aromatic rings. The zero-order chi connectivity index (χ0) is 18.2. The van der Waals surface area contributed by atoms with Crippen molar-refractivity contribution in [3.63, 3.8) is 0 Å². The summed E-state index contributed by atoms with van der Waals surface area (Å²) in [5.74, 6) is 0.202. The molecule has 0 unspecified atom stereocenters. The lowest BCUT2D eigenvalue weighted by Crippen LogP contribution is -2.41. The van der Waals surface area contributed by atoms with E-state index >= 15 is 0 Å². The third-order valence-electron chi connectivity index (χ3n) is 3.28. The van der Waals surface area contributed by atoms with E-state index in [2.05, 4.69) is 33.4 Å². The molecule has 7 heteroatoms. The van der Waals surface area contributed by atoms with Crippen molar-refractivity contribution in [2.24, 2.45) is 0 Å². The molecular formula is C18H19IN2O4. The average molecular weight is 454 g/mol. The summed E-state index contributed by atoms with van der Waals surface area (Å²) < 4.78 is 11.8. The van der Waals surface area contributed by atoms with Crippen molar-refractivity contribution < 1.29 is 19.1 Å². The Balaban J connectivity index is 2.00. The Labute approximate surface area is 160 Å². The van der Waals surface area contributed by atoms with Crippen molar-refractivity contribution in [3.8, 4) is 11.5 Å². The Hall–Kier alpha value is -2.29. The number of rotatable bonds is 6. The molecule has 0 saturated carbocycles. The lowest BCUT2D eigenvalue weighted by molar-refractivity contribution is 0.0846. The highest BCUT2D eigenvalue weighted by molar-refractivity contribution is 14.1. The molecule has 0 aliphatic rings. The molecule has 0 atom stereocenters. The van der Waals surface area contributed by atoms with Crippen LogP contribution in [0.5, 0.6) is 11.5 Å². The van der Waals surface area contributed by atoms with Crippen LogP contribution in [0.25, 0.3) is 0 Å². The van der Waals surface area contributed by atoms with Gasteiger partial charge in [-0.2, -0.15) is 0 Å². The average Bonchev–Trinajstić information content (AvgIpc) is 2.64. The second-order valence-corrected chi connectivity index (χ2v) is 6.37. The highest BCUT2D eigenvalue weighted by atomic mass is 127. The first kappa shape index (κ1) is 19.0. The fourth-order valence-corrected chi connectivity index (χ4v) is 2.36. The summed E-state index contributed by atoms with van der Waals surface area (Å²) >= 11 is 2.15. The molecule has 2 amide bonds. The van der Waals surface area contributed by atoms with E-state index in [-0.39, 0.29) is 5.91 Å². The van der Waals surface area contributed by atoms with Gasteiger partial charge in [0.05, 0.1) is 13.7 Å². The first-order chi connectivity index (χ1) is 12.0. The smallest absolute Gasteiger partial charge is 0.269 e. The minimum absolute atomic E-state index is 0.351. The molecule has 2 aromatic carbocycles. The maximum absolute atomic E-state index is 12.2. The van der Waals surface area contributed by atoms with E-state index in [1.54, 1.807) is 30.3 Å². The highest BCUT2D eigenvalue weighted by Crippen LogP contribution is 2.28. The molecule has 25 heavy (non-hydrogen) atoms. The monoisotopic (exact) mass is 454 g/mol. The first-order valence-corrected chi connectivity index (χ1v) is 8.80. The maximum Gasteiger partial charge on any atom is 0.269 e. The number of hydrogen-bond donors (Lipinski definition) is 2. The van der Waals surface area contributed by atoms with Crippen LogP contribution in [0.4, 0.5) is 0 Å². The SMILES string of the molecule is CCCOc1ccc(C(=O)NNC(=O)c2ccc(I)cc2)cc1OC. The molecule has 0 radical (unpaired) electrons. The van der Waals surface area contributed by atoms with E-state index in [9.17, 15) is 9.59 Å². The van der Waals surface area contributed by atoms with Gasteiger partial charge in [0.2, 0.25) is 0 Å². The second-order valence-electron chi connectivity index (χ2n) is 5.13. The highest BCUT2D eigenvalue weighted by Gasteiger charge is 2.12. The minimum Gasteiger partial charge on any atom is -0.493 e. The summed E-state index contributed by atoms with van der Waals surface area (Å²) in [5, 5.41) is 0. The largest absolute Gasteiger partial charge is 0.493 e. The summed E-state index contributed by atoms with van der Waals surface area (Å²) in [7, 11) is 1.51. The van der Waals surface area contributed by atoms with Crippen molar-refractivity contribution in [2.75, 3.05) is 13.7 Å². The van der Waals surface area contributed by atoms with Crippen molar-refractivity contribution >= 4 is 34.4 Å². The lowest BCUT2D eigenvalue weighted by atomic mass is 10.2. The van der Waals surface area contributed by atoms with Gasteiger partial charge in [-0.25, -0.2) is 0 Å². The van der Waals surface area contributed by atoms with Crippen LogP contribution in [-0.4, -0.2) is 25.5 Å². The molecule has 0 saturated heterocycles. The number of amides is 2. The number of nitrogens with one attached hydrogen (secondary N) is 2. The van der Waals surface area contributed by atoms with Crippen LogP contribution in [-0.2, 0) is 0 Å². The number of ether oxygens (including phenoxy) is 2. The second kappa shape index (κ2) is 9.26. The Morgan fingerprint density at radius 1 is 0.960 bits per heavy atom. The van der Waals surface area contributed by atoms with Crippen LogP contribution in [0, 0.1) is 3.57 Å². The lowest BCUT2D eigenvalue weighted by Gasteiger charge is -2.12. The molecule has 2 rings (SSSR count). The number of halogens is 1. The Morgan fingerprint density at radius 3 is 2.16 bits per heavy atom. The standard InChI is InChI=1S/C18H19IN2O4/c1-3-10-25-15-9-6-13(11-16(15)24-2)18(23)21-20-17(22)12-4-7-14(19)8-5-12/h4-9,11H,3,10H2,1-2H3,(H,20,22)(H,21,23). The number of carbonyl (C=O) groups is 2. The van der Waals surface area contributed by atoms with E-state index in [1.807, 2.05) is 19.1 Å². The van der Waals surface area contributed by atoms with E-state index < -0.39 is 5.91 Å². The molecule has 0 aliphatic carbocycles. The third kappa shape index (κ3) is 5.35. The summed E-state index contributed by atoms with van der Waals surface area (Å²) in [6, 6.07) is 11.9. The van der Waals surface area contributed by atoms with Crippen LogP contribution in [0.2, 0.25) is 0 Å². The topological polar surface area (TPSA) is 76.7 Å². The van der Waals surface area contributed by atoms with Crippen LogP contribution in [0.3, 0.4) is 0 Å². The van der Waals surface area contributed by atoms with Gasteiger partial charge in [0.1, 0.15) is 0 Å². The van der Waals surface area contributed by atoms with Crippen molar-refractivity contribution in [3.05, 3.63) is 57.2 Å². The van der Waals surface area contributed by atoms with Crippen LogP contribution in [0.1, 0.15) is 34.1 Å². The van der Waals surface area contributed by atoms with Gasteiger partial charge in [0, 0.05) is 14.7 Å². The molecule has 0 heterocycles. The van der Waals surface area contributed by atoms with E-state index in [0.29, 0.717) is 29.2 Å². The first-order valence-electron chi connectivity index (χ1n) is 7.72. The van der Waals surface area contributed by atoms with Gasteiger partial charge in [0.25, 0.3) is 11.8 Å². The molecule has 0 aromatic heterocycles. The summed E-state index contributed by atoms with van der Waals surface area (Å²) in [6.07, 6.45) is 0.871. The zero-order valence-corrected chi connectivity index (χ0v) is 16.1. The van der Waals surface area contributed by atoms with E-state index in [4.69, 9.17) is 9.47 Å². The Morgan fingerprint density at radius 2 is 1.56 bits per heavy atom. The molecule has 0 aliphatic heterocycles. The fourth-order valence-electron chi connectivity index (χ4n) is 2.00. The predicted molar refractivity (Wildman–Crippen MR) is 103 cm³/mol. The van der Waals surface area contributed by atoms with Crippen molar-refractivity contribution in [2.45, 2.75) is 13.3 Å². The van der Waals surface area contributed by atoms with Gasteiger partial charge < -0.3 is 9.47 Å². The minimum atomic E-state index is -0.445. The predicted octanol–water partition coefficient (Wildman–Crippen LogP) is 3.16. The molecular weight excluding hydrogens is 435 g/mol. The maximum atomic E-state index is 12.2. The number of methoxy groups -OCH3 is 1. The van der Waals surface area contributed by atoms with E-state index in [1.165, 1.54) is 7.11 Å². The van der Waals surface area contributed by atoms with Gasteiger partial charge in [-0.3, -0.25) is 20.4 Å². The van der Waals surface area contributed by atoms with E-state index in [0.717, 1.165) is 9.99 Å². The summed E-state index contributed by atoms with van der Waals surface area (Å²) in [5.41, 5.74) is 5.59. The Kier molecular flexibility index (Phi) is 7.05. The van der Waals surface area contributed by atoms with Gasteiger partial charge in [-0.1, -0.05) is 6.92 Å². The van der Waals surface area contributed by atoms with Crippen LogP contribution >= 0.6 is 22.6 Å². The van der Waals surface area contributed by atoms with Crippen molar-refractivity contribution in [1.29, 1.82) is 0 Å². The van der Waals surface area contributed by atoms with Gasteiger partial charge in [-0.15, -0.1) is 0 Å². The third-order valence-corrected chi connectivity index (χ3v) is 4.00. The normalized spacial score (nSPS) is 10.0. The summed E-state index contributed by atoms with van der Waals surface area (Å²) in [4.78, 5) is 24.2. The number of carbonyl (C=O) groups excluding carboxylic acids is 2. The van der Waals surface area contributed by atoms with Gasteiger partial charge >= 0.3 is 0 Å². The number of hydrogen-bond acceptors (Lipinski definition) is 4. The quantitative estimate of drug-likeness (QED) is 0.520. The molecule has 0 fully saturated rings. The van der Waals surface area contributed by atoms with Gasteiger partial charge in [0.15, 0.2) is 11.5 Å². The van der Waals surface area contributed by atoms with Gasteiger partial charge in [-0.05, 0) is 71.5 Å². The molecule has 6 nitrogen and oxygen atoms in total. The van der Waals surface area contributed by atoms with Crippen LogP contribution in [0.15, 0.2) is 42.5 Å². The number of hydrazine groups is 1. The summed E-state index contributed by atoms with van der Waals surface area (Å²) in [6.45, 7) is 2.57. The Bertz CT molecular complexity index is 747. The molecule has 0 spiro atoms. The van der Waals surface area contributed by atoms with Crippen LogP contribution < -0.4 is 20.3 Å². The fraction of sp³-hybridized carbons (Fsp3) is 0.222. The molecule has 2 N–H and O–H groups in total. The zero-order valence-electron chi connectivity index (χ0n) is 14.0. The molecule has 132 valence electrons. The molecule has 0 bridgehead atoms.